The first-order valence-corrected chi connectivity index (χ1v) is 9.42. The molecule has 0 bridgehead atoms. The fourth-order valence-corrected chi connectivity index (χ4v) is 2.77. The minimum atomic E-state index is 0.249. The van der Waals surface area contributed by atoms with Gasteiger partial charge in [-0.1, -0.05) is 27.7 Å². The largest absolute Gasteiger partial charge is 0.396 e. The number of aliphatic hydroxyl groups is 1. The molecule has 0 heterocycles. The topological polar surface area (TPSA) is 59.9 Å². The molecule has 3 N–H and O–H groups in total. The molecule has 0 aliphatic carbocycles. The Morgan fingerprint density at radius 1 is 1.13 bits per heavy atom. The van der Waals surface area contributed by atoms with Crippen molar-refractivity contribution in [1.29, 1.82) is 0 Å². The predicted octanol–water partition coefficient (Wildman–Crippen LogP) is 2.32. The quantitative estimate of drug-likeness (QED) is 0.359. The van der Waals surface area contributed by atoms with E-state index in [1.165, 1.54) is 6.42 Å². The van der Waals surface area contributed by atoms with Crippen molar-refractivity contribution in [2.45, 2.75) is 53.9 Å². The Morgan fingerprint density at radius 3 is 2.39 bits per heavy atom. The van der Waals surface area contributed by atoms with Gasteiger partial charge in [0.25, 0.3) is 0 Å². The average Bonchev–Trinajstić information content (AvgIpc) is 2.51. The molecule has 0 rings (SSSR count). The second-order valence-corrected chi connectivity index (χ2v) is 6.59. The number of guanidine groups is 1. The maximum atomic E-state index is 9.21. The zero-order valence-corrected chi connectivity index (χ0v) is 16.1. The van der Waals surface area contributed by atoms with E-state index in [9.17, 15) is 5.11 Å². The van der Waals surface area contributed by atoms with Crippen molar-refractivity contribution >= 4 is 5.96 Å². The fourth-order valence-electron chi connectivity index (χ4n) is 2.77. The molecule has 0 saturated carbocycles. The predicted molar refractivity (Wildman–Crippen MR) is 101 cm³/mol. The summed E-state index contributed by atoms with van der Waals surface area (Å²) in [6.45, 7) is 17.1. The molecule has 138 valence electrons. The molecule has 1 unspecified atom stereocenters. The third-order valence-electron chi connectivity index (χ3n) is 3.90. The van der Waals surface area contributed by atoms with Crippen molar-refractivity contribution in [3.63, 3.8) is 0 Å². The molecule has 1 atom stereocenters. The van der Waals surface area contributed by atoms with E-state index in [4.69, 9.17) is 4.99 Å². The lowest BCUT2D eigenvalue weighted by molar-refractivity contribution is 0.245. The molecule has 0 aliphatic rings. The lowest BCUT2D eigenvalue weighted by atomic mass is 9.94. The number of likely N-dealkylation sites (N-methyl/N-ethyl adjacent to an activating group) is 1. The third kappa shape index (κ3) is 12.3. The van der Waals surface area contributed by atoms with Crippen molar-refractivity contribution in [2.24, 2.45) is 16.8 Å². The molecule has 0 aromatic heterocycles. The molecule has 0 saturated heterocycles. The minimum absolute atomic E-state index is 0.249. The molecule has 5 nitrogen and oxygen atoms in total. The number of hydrogen-bond acceptors (Lipinski definition) is 3. The summed E-state index contributed by atoms with van der Waals surface area (Å²) in [5.41, 5.74) is 0. The van der Waals surface area contributed by atoms with E-state index in [0.717, 1.165) is 58.1 Å². The summed E-state index contributed by atoms with van der Waals surface area (Å²) < 4.78 is 0. The number of hydrogen-bond donors (Lipinski definition) is 3. The van der Waals surface area contributed by atoms with Gasteiger partial charge in [0.15, 0.2) is 5.96 Å². The molecule has 0 aromatic rings. The molecule has 0 spiro atoms. The zero-order valence-electron chi connectivity index (χ0n) is 16.1. The Balaban J connectivity index is 4.39. The molecule has 0 fully saturated rings. The summed E-state index contributed by atoms with van der Waals surface area (Å²) in [6.07, 6.45) is 3.14. The van der Waals surface area contributed by atoms with Crippen molar-refractivity contribution in [3.8, 4) is 0 Å². The van der Waals surface area contributed by atoms with E-state index in [2.05, 4.69) is 50.2 Å². The SMILES string of the molecule is CCCN(CC)CCNC(=NCC(CCO)CC(C)C)NCC. The van der Waals surface area contributed by atoms with E-state index in [1.807, 2.05) is 0 Å². The second-order valence-electron chi connectivity index (χ2n) is 6.59. The number of nitrogens with one attached hydrogen (secondary N) is 2. The molecule has 23 heavy (non-hydrogen) atoms. The van der Waals surface area contributed by atoms with Crippen LogP contribution >= 0.6 is 0 Å². The van der Waals surface area contributed by atoms with Crippen LogP contribution in [0.2, 0.25) is 0 Å². The van der Waals surface area contributed by atoms with E-state index < -0.39 is 0 Å². The number of aliphatic hydroxyl groups excluding tert-OH is 1. The Bertz CT molecular complexity index is 295. The van der Waals surface area contributed by atoms with E-state index >= 15 is 0 Å². The van der Waals surface area contributed by atoms with Crippen LogP contribution in [-0.4, -0.2) is 61.8 Å². The summed E-state index contributed by atoms with van der Waals surface area (Å²) >= 11 is 0. The second kappa shape index (κ2) is 14.8. The van der Waals surface area contributed by atoms with Gasteiger partial charge in [0.05, 0.1) is 0 Å². The summed E-state index contributed by atoms with van der Waals surface area (Å²) in [4.78, 5) is 7.17. The van der Waals surface area contributed by atoms with Gasteiger partial charge in [-0.05, 0) is 51.1 Å². The first-order valence-electron chi connectivity index (χ1n) is 9.42. The summed E-state index contributed by atoms with van der Waals surface area (Å²) in [5, 5.41) is 16.0. The smallest absolute Gasteiger partial charge is 0.191 e. The van der Waals surface area contributed by atoms with Crippen LogP contribution in [0.1, 0.15) is 53.9 Å². The van der Waals surface area contributed by atoms with Gasteiger partial charge in [-0.3, -0.25) is 4.99 Å². The summed E-state index contributed by atoms with van der Waals surface area (Å²) in [7, 11) is 0. The number of rotatable bonds is 13. The van der Waals surface area contributed by atoms with Gasteiger partial charge in [0.2, 0.25) is 0 Å². The van der Waals surface area contributed by atoms with Crippen LogP contribution < -0.4 is 10.6 Å². The maximum Gasteiger partial charge on any atom is 0.191 e. The van der Waals surface area contributed by atoms with Crippen LogP contribution in [0.25, 0.3) is 0 Å². The maximum absolute atomic E-state index is 9.21. The summed E-state index contributed by atoms with van der Waals surface area (Å²) in [6, 6.07) is 0. The van der Waals surface area contributed by atoms with Crippen LogP contribution in [0.3, 0.4) is 0 Å². The van der Waals surface area contributed by atoms with Crippen LogP contribution in [0.5, 0.6) is 0 Å². The van der Waals surface area contributed by atoms with E-state index in [-0.39, 0.29) is 6.61 Å². The monoisotopic (exact) mass is 328 g/mol. The van der Waals surface area contributed by atoms with Gasteiger partial charge in [0, 0.05) is 32.8 Å². The van der Waals surface area contributed by atoms with Crippen molar-refractivity contribution in [1.82, 2.24) is 15.5 Å². The van der Waals surface area contributed by atoms with Crippen molar-refractivity contribution in [2.75, 3.05) is 45.9 Å². The van der Waals surface area contributed by atoms with Gasteiger partial charge < -0.3 is 20.6 Å². The Labute approximate surface area is 143 Å². The minimum Gasteiger partial charge on any atom is -0.396 e. The third-order valence-corrected chi connectivity index (χ3v) is 3.90. The Morgan fingerprint density at radius 2 is 1.87 bits per heavy atom. The molecule has 0 aliphatic heterocycles. The van der Waals surface area contributed by atoms with E-state index in [1.54, 1.807) is 0 Å². The molecule has 0 amide bonds. The molecular formula is C18H40N4O. The summed E-state index contributed by atoms with van der Waals surface area (Å²) in [5.74, 6) is 2.00. The first kappa shape index (κ1) is 22.2. The lowest BCUT2D eigenvalue weighted by Crippen LogP contribution is -2.42. The Hall–Kier alpha value is -0.810. The van der Waals surface area contributed by atoms with Gasteiger partial charge in [0.1, 0.15) is 0 Å². The van der Waals surface area contributed by atoms with Crippen molar-refractivity contribution < 1.29 is 5.11 Å². The highest BCUT2D eigenvalue weighted by Gasteiger charge is 2.10. The van der Waals surface area contributed by atoms with Crippen LogP contribution in [-0.2, 0) is 0 Å². The van der Waals surface area contributed by atoms with Crippen LogP contribution in [0.15, 0.2) is 4.99 Å². The average molecular weight is 329 g/mol. The molecular weight excluding hydrogens is 288 g/mol. The standard InChI is InChI=1S/C18H40N4O/c1-6-11-22(8-3)12-10-20-18(19-7-2)21-15-17(9-13-23)14-16(4)5/h16-17,23H,6-15H2,1-5H3,(H2,19,20,21). The Kier molecular flexibility index (Phi) is 14.2. The van der Waals surface area contributed by atoms with Crippen LogP contribution in [0, 0.1) is 11.8 Å². The molecule has 0 aromatic carbocycles. The number of nitrogens with zero attached hydrogens (tertiary/aromatic N) is 2. The van der Waals surface area contributed by atoms with Gasteiger partial charge in [-0.15, -0.1) is 0 Å². The highest BCUT2D eigenvalue weighted by molar-refractivity contribution is 5.79. The normalized spacial score (nSPS) is 13.7. The zero-order chi connectivity index (χ0) is 17.5. The van der Waals surface area contributed by atoms with Gasteiger partial charge in [-0.25, -0.2) is 0 Å². The highest BCUT2D eigenvalue weighted by atomic mass is 16.3. The lowest BCUT2D eigenvalue weighted by Gasteiger charge is -2.21. The van der Waals surface area contributed by atoms with Crippen LogP contribution in [0.4, 0.5) is 0 Å². The molecule has 0 radical (unpaired) electrons. The van der Waals surface area contributed by atoms with Gasteiger partial charge in [-0.2, -0.15) is 0 Å². The van der Waals surface area contributed by atoms with E-state index in [0.29, 0.717) is 11.8 Å². The fraction of sp³-hybridized carbons (Fsp3) is 0.944. The molecule has 5 heteroatoms. The highest BCUT2D eigenvalue weighted by Crippen LogP contribution is 2.15. The van der Waals surface area contributed by atoms with Crippen molar-refractivity contribution in [3.05, 3.63) is 0 Å². The van der Waals surface area contributed by atoms with Gasteiger partial charge >= 0.3 is 0 Å². The first-order chi connectivity index (χ1) is 11.1. The number of aliphatic imine (C=N–C) groups is 1.